The maximum Gasteiger partial charge on any atom is 0.355 e. The van der Waals surface area contributed by atoms with Crippen LogP contribution in [0.5, 0.6) is 5.88 Å². The highest BCUT2D eigenvalue weighted by molar-refractivity contribution is 9.10. The smallest absolute Gasteiger partial charge is 0.355 e. The van der Waals surface area contributed by atoms with Crippen LogP contribution in [0, 0.1) is 0 Å². The molecule has 0 atom stereocenters. The van der Waals surface area contributed by atoms with Crippen LogP contribution in [0.1, 0.15) is 11.4 Å². The number of anilines is 1. The number of para-hydroxylation sites is 1. The van der Waals surface area contributed by atoms with Crippen molar-refractivity contribution in [3.05, 3.63) is 50.5 Å². The second-order valence-electron chi connectivity index (χ2n) is 4.59. The number of H-pyrrole nitrogens is 1. The van der Waals surface area contributed by atoms with Crippen LogP contribution >= 0.6 is 15.9 Å². The monoisotopic (exact) mass is 423 g/mol. The fourth-order valence-corrected chi connectivity index (χ4v) is 3.12. The summed E-state index contributed by atoms with van der Waals surface area (Å²) in [6, 6.07) is 5.75. The van der Waals surface area contributed by atoms with Gasteiger partial charge in [0.1, 0.15) is 5.82 Å². The van der Waals surface area contributed by atoms with Crippen LogP contribution in [-0.4, -0.2) is 31.3 Å². The molecule has 0 bridgehead atoms. The topological polar surface area (TPSA) is 101 Å². The fourth-order valence-electron chi connectivity index (χ4n) is 1.87. The number of methoxy groups -OCH3 is 1. The van der Waals surface area contributed by atoms with Crippen LogP contribution in [0.3, 0.4) is 0 Å². The number of halogens is 3. The third kappa shape index (κ3) is 4.29. The van der Waals surface area contributed by atoms with Crippen LogP contribution in [0.25, 0.3) is 0 Å². The first-order chi connectivity index (χ1) is 11.2. The van der Waals surface area contributed by atoms with Crippen molar-refractivity contribution in [2.75, 3.05) is 11.8 Å². The van der Waals surface area contributed by atoms with Gasteiger partial charge >= 0.3 is 5.76 Å². The molecule has 11 heteroatoms. The molecule has 0 aliphatic rings. The summed E-state index contributed by atoms with van der Waals surface area (Å²) < 4.78 is 55.1. The van der Waals surface area contributed by atoms with Crippen molar-refractivity contribution in [2.45, 2.75) is 12.2 Å². The molecule has 2 N–H and O–H groups in total. The maximum absolute atomic E-state index is 12.6. The molecule has 2 rings (SSSR count). The number of ether oxygens (including phenoxy) is 1. The lowest BCUT2D eigenvalue weighted by Crippen LogP contribution is -2.22. The van der Waals surface area contributed by atoms with E-state index in [0.717, 1.165) is 6.07 Å². The minimum atomic E-state index is -4.84. The van der Waals surface area contributed by atoms with Gasteiger partial charge in [0.25, 0.3) is 15.6 Å². The van der Waals surface area contributed by atoms with Crippen molar-refractivity contribution in [3.63, 3.8) is 0 Å². The van der Waals surface area contributed by atoms with Gasteiger partial charge in [-0.05, 0) is 27.6 Å². The Morgan fingerprint density at radius 1 is 1.42 bits per heavy atom. The summed E-state index contributed by atoms with van der Waals surface area (Å²) in [6.07, 6.45) is -0.00697. The zero-order valence-corrected chi connectivity index (χ0v) is 14.6. The molecule has 0 aliphatic carbocycles. The van der Waals surface area contributed by atoms with E-state index in [0.29, 0.717) is 5.56 Å². The predicted octanol–water partition coefficient (Wildman–Crippen LogP) is 2.10. The molecule has 0 saturated heterocycles. The molecular weight excluding hydrogens is 412 g/mol. The van der Waals surface area contributed by atoms with E-state index in [1.165, 1.54) is 19.2 Å². The number of alkyl halides is 2. The lowest BCUT2D eigenvalue weighted by Gasteiger charge is -2.14. The van der Waals surface area contributed by atoms with E-state index in [1.54, 1.807) is 6.07 Å². The van der Waals surface area contributed by atoms with E-state index < -0.39 is 21.3 Å². The van der Waals surface area contributed by atoms with E-state index in [4.69, 9.17) is 4.74 Å². The number of rotatable bonds is 6. The first-order valence-electron chi connectivity index (χ1n) is 6.44. The molecule has 24 heavy (non-hydrogen) atoms. The van der Waals surface area contributed by atoms with Gasteiger partial charge in [0.2, 0.25) is 5.88 Å². The van der Waals surface area contributed by atoms with Gasteiger partial charge in [-0.15, -0.1) is 0 Å². The van der Waals surface area contributed by atoms with Gasteiger partial charge in [-0.1, -0.05) is 12.1 Å². The Bertz CT molecular complexity index is 902. The predicted molar refractivity (Wildman–Crippen MR) is 86.9 cm³/mol. The molecule has 2 aromatic rings. The van der Waals surface area contributed by atoms with Crippen LogP contribution in [0.15, 0.2) is 33.5 Å². The van der Waals surface area contributed by atoms with Gasteiger partial charge in [0.05, 0.1) is 18.9 Å². The standard InChI is InChI=1S/C13H12BrF2N3O4S/c1-23-11-6-10(20)17-9(18-11)5-7-3-2-4-8(14)12(7)19-24(21,22)13(15)16/h2-4,6,13,19H,5H2,1H3,(H,17,18,20). The van der Waals surface area contributed by atoms with Crippen molar-refractivity contribution >= 4 is 31.6 Å². The Kier molecular flexibility index (Phi) is 5.54. The Labute approximate surface area is 144 Å². The van der Waals surface area contributed by atoms with Crippen molar-refractivity contribution < 1.29 is 21.9 Å². The van der Waals surface area contributed by atoms with Crippen LogP contribution < -0.4 is 15.0 Å². The summed E-state index contributed by atoms with van der Waals surface area (Å²) in [5.74, 6) is -3.30. The van der Waals surface area contributed by atoms with Crippen molar-refractivity contribution in [1.82, 2.24) is 9.97 Å². The summed E-state index contributed by atoms with van der Waals surface area (Å²) in [5.41, 5.74) is -0.171. The molecular formula is C13H12BrF2N3O4S. The zero-order valence-electron chi connectivity index (χ0n) is 12.2. The number of aromatic nitrogens is 2. The lowest BCUT2D eigenvalue weighted by atomic mass is 10.1. The van der Waals surface area contributed by atoms with Crippen LogP contribution in [0.4, 0.5) is 14.5 Å². The molecule has 0 amide bonds. The minimum Gasteiger partial charge on any atom is -0.481 e. The summed E-state index contributed by atoms with van der Waals surface area (Å²) in [5, 5.41) is 0. The maximum atomic E-state index is 12.6. The number of hydrogen-bond donors (Lipinski definition) is 2. The van der Waals surface area contributed by atoms with Crippen molar-refractivity contribution in [2.24, 2.45) is 0 Å². The average Bonchev–Trinajstić information content (AvgIpc) is 2.50. The Hall–Kier alpha value is -2.01. The van der Waals surface area contributed by atoms with Crippen molar-refractivity contribution in [1.29, 1.82) is 0 Å². The highest BCUT2D eigenvalue weighted by Crippen LogP contribution is 2.29. The van der Waals surface area contributed by atoms with E-state index in [2.05, 4.69) is 25.9 Å². The number of hydrogen-bond acceptors (Lipinski definition) is 5. The Morgan fingerprint density at radius 2 is 2.12 bits per heavy atom. The van der Waals surface area contributed by atoms with Gasteiger partial charge in [-0.2, -0.15) is 13.8 Å². The van der Waals surface area contributed by atoms with E-state index in [-0.39, 0.29) is 28.3 Å². The number of nitrogens with zero attached hydrogens (tertiary/aromatic N) is 1. The molecule has 1 heterocycles. The zero-order chi connectivity index (χ0) is 17.9. The van der Waals surface area contributed by atoms with E-state index in [1.807, 2.05) is 4.72 Å². The largest absolute Gasteiger partial charge is 0.481 e. The normalized spacial score (nSPS) is 11.5. The van der Waals surface area contributed by atoms with Gasteiger partial charge in [0, 0.05) is 10.9 Å². The molecule has 0 fully saturated rings. The van der Waals surface area contributed by atoms with Crippen LogP contribution in [-0.2, 0) is 16.4 Å². The SMILES string of the molecule is COc1cc(=O)[nH]c(Cc2cccc(Br)c2NS(=O)(=O)C(F)F)n1. The lowest BCUT2D eigenvalue weighted by molar-refractivity contribution is 0.236. The molecule has 0 unspecified atom stereocenters. The summed E-state index contributed by atoms with van der Waals surface area (Å²) in [6.45, 7) is 0. The number of aromatic amines is 1. The second-order valence-corrected chi connectivity index (χ2v) is 7.10. The summed E-state index contributed by atoms with van der Waals surface area (Å²) in [7, 11) is -3.50. The average molecular weight is 424 g/mol. The third-order valence-electron chi connectivity index (χ3n) is 2.91. The first kappa shape index (κ1) is 18.3. The highest BCUT2D eigenvalue weighted by atomic mass is 79.9. The second kappa shape index (κ2) is 7.26. The van der Waals surface area contributed by atoms with Gasteiger partial charge in [-0.3, -0.25) is 9.52 Å². The Balaban J connectivity index is 2.43. The van der Waals surface area contributed by atoms with Crippen molar-refractivity contribution in [3.8, 4) is 5.88 Å². The molecule has 0 spiro atoms. The fraction of sp³-hybridized carbons (Fsp3) is 0.231. The molecule has 7 nitrogen and oxygen atoms in total. The molecule has 0 radical (unpaired) electrons. The van der Waals surface area contributed by atoms with Gasteiger partial charge in [0.15, 0.2) is 0 Å². The molecule has 0 saturated carbocycles. The number of nitrogens with one attached hydrogen (secondary N) is 2. The Morgan fingerprint density at radius 3 is 2.75 bits per heavy atom. The molecule has 0 aliphatic heterocycles. The molecule has 130 valence electrons. The summed E-state index contributed by atoms with van der Waals surface area (Å²) in [4.78, 5) is 18.0. The molecule has 1 aromatic heterocycles. The van der Waals surface area contributed by atoms with Gasteiger partial charge in [-0.25, -0.2) is 8.42 Å². The van der Waals surface area contributed by atoms with E-state index in [9.17, 15) is 22.0 Å². The summed E-state index contributed by atoms with van der Waals surface area (Å²) >= 11 is 3.12. The van der Waals surface area contributed by atoms with Crippen LogP contribution in [0.2, 0.25) is 0 Å². The molecule has 1 aromatic carbocycles. The third-order valence-corrected chi connectivity index (χ3v) is 4.53. The van der Waals surface area contributed by atoms with E-state index >= 15 is 0 Å². The minimum absolute atomic E-state index is 0.00697. The first-order valence-corrected chi connectivity index (χ1v) is 8.78. The number of sulfonamides is 1. The highest BCUT2D eigenvalue weighted by Gasteiger charge is 2.25. The number of benzene rings is 1. The quantitative estimate of drug-likeness (QED) is 0.740. The van der Waals surface area contributed by atoms with Gasteiger partial charge < -0.3 is 9.72 Å².